The molecule has 1 rings (SSSR count). The number of rotatable bonds is 0. The quantitative estimate of drug-likeness (QED) is 0.454. The summed E-state index contributed by atoms with van der Waals surface area (Å²) < 4.78 is 4.77. The van der Waals surface area contributed by atoms with Gasteiger partial charge in [-0.2, -0.15) is 0 Å². The van der Waals surface area contributed by atoms with Crippen molar-refractivity contribution < 1.29 is 4.74 Å². The van der Waals surface area contributed by atoms with E-state index in [4.69, 9.17) is 4.74 Å². The summed E-state index contributed by atoms with van der Waals surface area (Å²) >= 11 is 0. The second kappa shape index (κ2) is 1.93. The van der Waals surface area contributed by atoms with Crippen LogP contribution in [0.4, 0.5) is 0 Å². The van der Waals surface area contributed by atoms with Gasteiger partial charge in [-0.3, -0.25) is 5.32 Å². The van der Waals surface area contributed by atoms with E-state index in [9.17, 15) is 0 Å². The van der Waals surface area contributed by atoms with Gasteiger partial charge in [-0.05, 0) is 0 Å². The van der Waals surface area contributed by atoms with Crippen molar-refractivity contribution in [1.29, 1.82) is 0 Å². The zero-order valence-corrected chi connectivity index (χ0v) is 4.14. The third kappa shape index (κ3) is 0.899. The minimum atomic E-state index is 0.733. The molecule has 0 unspecified atom stereocenters. The Kier molecular flexibility index (Phi) is 1.26. The molecular weight excluding hydrogens is 92.1 g/mol. The zero-order valence-electron chi connectivity index (χ0n) is 4.14. The molecule has 1 aliphatic heterocycles. The maximum atomic E-state index is 4.77. The van der Waals surface area contributed by atoms with Crippen molar-refractivity contribution in [3.63, 3.8) is 0 Å². The van der Waals surface area contributed by atoms with Gasteiger partial charge in [0.2, 0.25) is 0 Å². The lowest BCUT2D eigenvalue weighted by atomic mass is 10.7. The van der Waals surface area contributed by atoms with Crippen LogP contribution in [0.15, 0.2) is 4.99 Å². The van der Waals surface area contributed by atoms with Crippen LogP contribution in [0.1, 0.15) is 0 Å². The molecule has 0 saturated carbocycles. The summed E-state index contributed by atoms with van der Waals surface area (Å²) in [4.78, 5) is 3.81. The molecule has 1 N–H and O–H groups in total. The number of aliphatic imine (C=N–C) groups is 1. The van der Waals surface area contributed by atoms with Crippen molar-refractivity contribution in [3.05, 3.63) is 6.67 Å². The number of methoxy groups -OCH3 is 1. The van der Waals surface area contributed by atoms with Gasteiger partial charge >= 0.3 is 0 Å². The van der Waals surface area contributed by atoms with E-state index >= 15 is 0 Å². The minimum Gasteiger partial charge on any atom is -0.483 e. The minimum absolute atomic E-state index is 0.733. The van der Waals surface area contributed by atoms with Crippen molar-refractivity contribution in [3.8, 4) is 0 Å². The molecule has 0 aliphatic carbocycles. The van der Waals surface area contributed by atoms with Gasteiger partial charge in [-0.15, -0.1) is 0 Å². The first-order valence-corrected chi connectivity index (χ1v) is 2.09. The van der Waals surface area contributed by atoms with Crippen LogP contribution in [-0.2, 0) is 4.74 Å². The van der Waals surface area contributed by atoms with Crippen LogP contribution in [-0.4, -0.2) is 19.6 Å². The molecule has 39 valence electrons. The van der Waals surface area contributed by atoms with Gasteiger partial charge in [0.05, 0.1) is 13.7 Å². The van der Waals surface area contributed by atoms with Crippen LogP contribution in [0, 0.1) is 6.67 Å². The highest BCUT2D eigenvalue weighted by atomic mass is 16.5. The average Bonchev–Trinajstić information content (AvgIpc) is 2.14. The summed E-state index contributed by atoms with van der Waals surface area (Å²) in [6, 6.07) is 0. The number of nitrogens with one attached hydrogen (secondary N) is 1. The van der Waals surface area contributed by atoms with Gasteiger partial charge in [-0.25, -0.2) is 4.99 Å². The molecule has 1 aliphatic rings. The molecule has 1 radical (unpaired) electrons. The molecule has 0 atom stereocenters. The lowest BCUT2D eigenvalue weighted by molar-refractivity contribution is 0.398. The summed E-state index contributed by atoms with van der Waals surface area (Å²) in [6.07, 6.45) is 0. The first kappa shape index (κ1) is 4.59. The van der Waals surface area contributed by atoms with Crippen LogP contribution < -0.4 is 5.32 Å². The number of hydrogen-bond donors (Lipinski definition) is 1. The predicted molar refractivity (Wildman–Crippen MR) is 26.7 cm³/mol. The van der Waals surface area contributed by atoms with Gasteiger partial charge in [0.15, 0.2) is 5.90 Å². The number of ether oxygens (including phenoxy) is 1. The van der Waals surface area contributed by atoms with Gasteiger partial charge in [-0.1, -0.05) is 0 Å². The third-order valence-electron chi connectivity index (χ3n) is 0.789. The molecule has 0 bridgehead atoms. The summed E-state index contributed by atoms with van der Waals surface area (Å²) in [5, 5.41) is 2.87. The van der Waals surface area contributed by atoms with Gasteiger partial charge < -0.3 is 4.74 Å². The van der Waals surface area contributed by atoms with E-state index in [0.717, 1.165) is 12.4 Å². The Morgan fingerprint density at radius 2 is 2.86 bits per heavy atom. The van der Waals surface area contributed by atoms with E-state index in [1.165, 1.54) is 0 Å². The normalized spacial score (nSPS) is 19.3. The van der Waals surface area contributed by atoms with E-state index in [2.05, 4.69) is 10.3 Å². The summed E-state index contributed by atoms with van der Waals surface area (Å²) in [5.74, 6) is 0.750. The second-order valence-electron chi connectivity index (χ2n) is 1.24. The van der Waals surface area contributed by atoms with Crippen molar-refractivity contribution in [2.75, 3.05) is 13.7 Å². The second-order valence-corrected chi connectivity index (χ2v) is 1.24. The van der Waals surface area contributed by atoms with Crippen molar-refractivity contribution in [1.82, 2.24) is 5.32 Å². The van der Waals surface area contributed by atoms with Gasteiger partial charge in [0.25, 0.3) is 0 Å². The van der Waals surface area contributed by atoms with Crippen molar-refractivity contribution >= 4 is 5.90 Å². The van der Waals surface area contributed by atoms with Crippen LogP contribution >= 0.6 is 0 Å². The summed E-state index contributed by atoms with van der Waals surface area (Å²) in [7, 11) is 1.61. The molecule has 0 aromatic carbocycles. The smallest absolute Gasteiger partial charge is 0.199 e. The Bertz CT molecular complexity index is 89.7. The SMILES string of the molecule is COC1=N[CH]NC1. The fraction of sp³-hybridized carbons (Fsp3) is 0.500. The van der Waals surface area contributed by atoms with E-state index in [1.807, 2.05) is 0 Å². The maximum absolute atomic E-state index is 4.77. The van der Waals surface area contributed by atoms with E-state index in [0.29, 0.717) is 0 Å². The Morgan fingerprint density at radius 1 is 2.00 bits per heavy atom. The van der Waals surface area contributed by atoms with Crippen LogP contribution in [0.25, 0.3) is 0 Å². The molecule has 0 saturated heterocycles. The molecule has 1 heterocycles. The third-order valence-corrected chi connectivity index (χ3v) is 0.789. The van der Waals surface area contributed by atoms with Gasteiger partial charge in [0, 0.05) is 0 Å². The topological polar surface area (TPSA) is 33.6 Å². The van der Waals surface area contributed by atoms with Crippen molar-refractivity contribution in [2.24, 2.45) is 4.99 Å². The predicted octanol–water partition coefficient (Wildman–Crippen LogP) is -0.246. The first-order chi connectivity index (χ1) is 3.43. The fourth-order valence-electron chi connectivity index (χ4n) is 0.421. The summed E-state index contributed by atoms with van der Waals surface area (Å²) in [6.45, 7) is 2.36. The first-order valence-electron chi connectivity index (χ1n) is 2.09. The summed E-state index contributed by atoms with van der Waals surface area (Å²) in [5.41, 5.74) is 0. The molecule has 0 fully saturated rings. The monoisotopic (exact) mass is 99.1 g/mol. The maximum Gasteiger partial charge on any atom is 0.199 e. The lowest BCUT2D eigenvalue weighted by Crippen LogP contribution is -2.11. The zero-order chi connectivity index (χ0) is 5.11. The van der Waals surface area contributed by atoms with Gasteiger partial charge in [0.1, 0.15) is 6.67 Å². The van der Waals surface area contributed by atoms with E-state index in [-0.39, 0.29) is 0 Å². The lowest BCUT2D eigenvalue weighted by Gasteiger charge is -1.91. The highest BCUT2D eigenvalue weighted by Gasteiger charge is 2.02. The van der Waals surface area contributed by atoms with Crippen LogP contribution in [0.2, 0.25) is 0 Å². The molecule has 0 amide bonds. The van der Waals surface area contributed by atoms with Crippen LogP contribution in [0.5, 0.6) is 0 Å². The Labute approximate surface area is 42.4 Å². The molecule has 0 aromatic rings. The van der Waals surface area contributed by atoms with E-state index < -0.39 is 0 Å². The standard InChI is InChI=1S/C4H7N2O/c1-7-4-2-5-3-6-4/h3,5H,2H2,1H3. The Morgan fingerprint density at radius 3 is 3.14 bits per heavy atom. The average molecular weight is 99.1 g/mol. The molecular formula is C4H7N2O. The molecule has 7 heavy (non-hydrogen) atoms. The molecule has 0 aromatic heterocycles. The molecule has 3 nitrogen and oxygen atoms in total. The van der Waals surface area contributed by atoms with E-state index in [1.54, 1.807) is 13.8 Å². The fourth-order valence-corrected chi connectivity index (χ4v) is 0.421. The molecule has 3 heteroatoms. The number of hydrogen-bond acceptors (Lipinski definition) is 3. The highest BCUT2D eigenvalue weighted by molar-refractivity contribution is 5.80. The largest absolute Gasteiger partial charge is 0.483 e. The van der Waals surface area contributed by atoms with Crippen LogP contribution in [0.3, 0.4) is 0 Å². The van der Waals surface area contributed by atoms with Crippen molar-refractivity contribution in [2.45, 2.75) is 0 Å². The number of nitrogens with zero attached hydrogens (tertiary/aromatic N) is 1. The molecule has 0 spiro atoms. The Balaban J connectivity index is 2.36. The highest BCUT2D eigenvalue weighted by Crippen LogP contribution is 1.88. The Hall–Kier alpha value is -0.570.